The molecule has 0 spiro atoms. The summed E-state index contributed by atoms with van der Waals surface area (Å²) >= 11 is 0. The quantitative estimate of drug-likeness (QED) is 0.726. The lowest BCUT2D eigenvalue weighted by molar-refractivity contribution is -0.0294. The molecule has 4 atom stereocenters. The fraction of sp³-hybridized carbons (Fsp3) is 0.923. The van der Waals surface area contributed by atoms with Gasteiger partial charge in [0.25, 0.3) is 0 Å². The molecule has 2 saturated heterocycles. The smallest absolute Gasteiger partial charge is 0.407 e. The number of hydrogen-bond donors (Lipinski definition) is 1. The molecule has 120 valence electrons. The van der Waals surface area contributed by atoms with Gasteiger partial charge in [-0.3, -0.25) is 4.18 Å². The summed E-state index contributed by atoms with van der Waals surface area (Å²) in [5.41, 5.74) is -0.360. The second-order valence-corrected chi connectivity index (χ2v) is 8.70. The van der Waals surface area contributed by atoms with E-state index in [0.29, 0.717) is 12.8 Å². The molecule has 0 radical (unpaired) electrons. The molecule has 1 saturated carbocycles. The highest BCUT2D eigenvalue weighted by Gasteiger charge is 2.60. The zero-order chi connectivity index (χ0) is 15.6. The van der Waals surface area contributed by atoms with Crippen molar-refractivity contribution in [2.45, 2.75) is 64.3 Å². The molecule has 0 aromatic heterocycles. The van der Waals surface area contributed by atoms with E-state index in [2.05, 4.69) is 0 Å². The van der Waals surface area contributed by atoms with Gasteiger partial charge in [0.2, 0.25) is 0 Å². The van der Waals surface area contributed by atoms with E-state index in [1.807, 2.05) is 20.8 Å². The van der Waals surface area contributed by atoms with Gasteiger partial charge in [-0.05, 0) is 24.7 Å². The number of hydrogen-bond acceptors (Lipinski definition) is 4. The Morgan fingerprint density at radius 3 is 2.52 bits per heavy atom. The largest absolute Gasteiger partial charge is 0.465 e. The molecule has 1 aliphatic carbocycles. The van der Waals surface area contributed by atoms with Crippen molar-refractivity contribution in [1.82, 2.24) is 9.21 Å². The third-order valence-corrected chi connectivity index (χ3v) is 6.39. The average molecular weight is 318 g/mol. The van der Waals surface area contributed by atoms with Crippen molar-refractivity contribution < 1.29 is 22.5 Å². The lowest BCUT2D eigenvalue weighted by Crippen LogP contribution is -2.68. The van der Waals surface area contributed by atoms with E-state index in [1.54, 1.807) is 0 Å². The van der Waals surface area contributed by atoms with Crippen LogP contribution in [0.2, 0.25) is 0 Å². The molecular formula is C13H22N2O5S. The van der Waals surface area contributed by atoms with Crippen molar-refractivity contribution in [2.24, 2.45) is 5.41 Å². The van der Waals surface area contributed by atoms with E-state index in [1.165, 1.54) is 9.21 Å². The first kappa shape index (κ1) is 15.1. The average Bonchev–Trinajstić information content (AvgIpc) is 2.61. The third-order valence-electron chi connectivity index (χ3n) is 4.88. The lowest BCUT2D eigenvalue weighted by atomic mass is 9.78. The zero-order valence-corrected chi connectivity index (χ0v) is 13.3. The van der Waals surface area contributed by atoms with Crippen molar-refractivity contribution >= 4 is 16.4 Å². The first-order valence-electron chi connectivity index (χ1n) is 7.34. The van der Waals surface area contributed by atoms with Crippen LogP contribution in [-0.4, -0.2) is 59.6 Å². The molecule has 8 heteroatoms. The standard InChI is InChI=1S/C13H22N2O5S/c1-13(2,3)10-7-14(12(16)17)8-5-4-6-9-11(8)15(10)21(18,19)20-9/h8-11H,4-7H2,1-3H3,(H,16,17)/t8-,9+,10?,11-/m0/s1. The number of carboxylic acid groups (broad SMARTS) is 1. The predicted octanol–water partition coefficient (Wildman–Crippen LogP) is 1.26. The number of rotatable bonds is 0. The van der Waals surface area contributed by atoms with Crippen molar-refractivity contribution in [3.05, 3.63) is 0 Å². The Morgan fingerprint density at radius 2 is 1.95 bits per heavy atom. The SMILES string of the molecule is CC(C)(C)C1CN(C(=O)O)[C@H]2CCC[C@H]3OS(=O)(=O)N1[C@H]32. The van der Waals surface area contributed by atoms with Gasteiger partial charge < -0.3 is 10.0 Å². The van der Waals surface area contributed by atoms with Crippen LogP contribution >= 0.6 is 0 Å². The van der Waals surface area contributed by atoms with Crippen LogP contribution in [0, 0.1) is 5.41 Å². The van der Waals surface area contributed by atoms with Crippen LogP contribution in [-0.2, 0) is 14.5 Å². The first-order valence-corrected chi connectivity index (χ1v) is 8.71. The highest BCUT2D eigenvalue weighted by atomic mass is 32.2. The number of nitrogens with zero attached hydrogens (tertiary/aromatic N) is 2. The fourth-order valence-electron chi connectivity index (χ4n) is 3.89. The molecule has 3 rings (SSSR count). The summed E-state index contributed by atoms with van der Waals surface area (Å²) in [6.45, 7) is 6.01. The molecule has 0 aromatic rings. The van der Waals surface area contributed by atoms with Crippen LogP contribution < -0.4 is 0 Å². The Hall–Kier alpha value is -0.860. The van der Waals surface area contributed by atoms with Gasteiger partial charge in [0.15, 0.2) is 0 Å². The molecule has 1 N–H and O–H groups in total. The fourth-order valence-corrected chi connectivity index (χ4v) is 5.78. The van der Waals surface area contributed by atoms with Gasteiger partial charge >= 0.3 is 16.4 Å². The Kier molecular flexibility index (Phi) is 3.27. The highest BCUT2D eigenvalue weighted by Crippen LogP contribution is 2.45. The van der Waals surface area contributed by atoms with Crippen molar-refractivity contribution in [3.8, 4) is 0 Å². The Bertz CT molecular complexity index is 555. The number of amides is 1. The molecule has 0 bridgehead atoms. The zero-order valence-electron chi connectivity index (χ0n) is 12.5. The molecule has 0 aromatic carbocycles. The summed E-state index contributed by atoms with van der Waals surface area (Å²) in [4.78, 5) is 13.0. The van der Waals surface area contributed by atoms with Gasteiger partial charge in [0.1, 0.15) is 0 Å². The Labute approximate surface area is 125 Å². The van der Waals surface area contributed by atoms with Crippen LogP contribution in [0.15, 0.2) is 0 Å². The van der Waals surface area contributed by atoms with Gasteiger partial charge in [-0.1, -0.05) is 20.8 Å². The maximum absolute atomic E-state index is 12.4. The highest BCUT2D eigenvalue weighted by molar-refractivity contribution is 7.84. The lowest BCUT2D eigenvalue weighted by Gasteiger charge is -2.51. The number of carbonyl (C=O) groups is 1. The molecule has 3 fully saturated rings. The van der Waals surface area contributed by atoms with E-state index in [0.717, 1.165) is 6.42 Å². The monoisotopic (exact) mass is 318 g/mol. The minimum absolute atomic E-state index is 0.204. The molecule has 3 aliphatic rings. The molecule has 2 heterocycles. The van der Waals surface area contributed by atoms with Gasteiger partial charge in [-0.15, -0.1) is 0 Å². The summed E-state index contributed by atoms with van der Waals surface area (Å²) in [6, 6.07) is -1.07. The van der Waals surface area contributed by atoms with Crippen molar-refractivity contribution in [1.29, 1.82) is 0 Å². The van der Waals surface area contributed by atoms with Gasteiger partial charge in [-0.2, -0.15) is 12.7 Å². The van der Waals surface area contributed by atoms with Crippen LogP contribution in [0.5, 0.6) is 0 Å². The van der Waals surface area contributed by atoms with Crippen molar-refractivity contribution in [3.63, 3.8) is 0 Å². The van der Waals surface area contributed by atoms with Crippen LogP contribution in [0.3, 0.4) is 0 Å². The van der Waals surface area contributed by atoms with Crippen LogP contribution in [0.4, 0.5) is 4.79 Å². The topological polar surface area (TPSA) is 87.1 Å². The summed E-state index contributed by atoms with van der Waals surface area (Å²) in [6.07, 6.45) is 0.764. The van der Waals surface area contributed by atoms with E-state index in [9.17, 15) is 18.3 Å². The predicted molar refractivity (Wildman–Crippen MR) is 75.0 cm³/mol. The number of piperazine rings is 1. The minimum Gasteiger partial charge on any atom is -0.465 e. The van der Waals surface area contributed by atoms with E-state index in [4.69, 9.17) is 4.18 Å². The van der Waals surface area contributed by atoms with Crippen LogP contribution in [0.1, 0.15) is 40.0 Å². The van der Waals surface area contributed by atoms with E-state index in [-0.39, 0.29) is 24.0 Å². The summed E-state index contributed by atoms with van der Waals surface area (Å²) < 4.78 is 31.6. The maximum atomic E-state index is 12.4. The Balaban J connectivity index is 2.08. The normalized spacial score (nSPS) is 39.1. The molecule has 1 amide bonds. The second-order valence-electron chi connectivity index (χ2n) is 7.23. The maximum Gasteiger partial charge on any atom is 0.407 e. The summed E-state index contributed by atoms with van der Waals surface area (Å²) in [7, 11) is -3.77. The van der Waals surface area contributed by atoms with Gasteiger partial charge in [0.05, 0.1) is 24.2 Å². The molecular weight excluding hydrogens is 296 g/mol. The molecule has 21 heavy (non-hydrogen) atoms. The Morgan fingerprint density at radius 1 is 1.29 bits per heavy atom. The van der Waals surface area contributed by atoms with Crippen LogP contribution in [0.25, 0.3) is 0 Å². The van der Waals surface area contributed by atoms with Gasteiger partial charge in [0, 0.05) is 6.54 Å². The van der Waals surface area contributed by atoms with E-state index < -0.39 is 28.5 Å². The molecule has 1 unspecified atom stereocenters. The third kappa shape index (κ3) is 2.24. The molecule has 2 aliphatic heterocycles. The second kappa shape index (κ2) is 4.57. The van der Waals surface area contributed by atoms with Gasteiger partial charge in [-0.25, -0.2) is 4.79 Å². The van der Waals surface area contributed by atoms with E-state index >= 15 is 0 Å². The first-order chi connectivity index (χ1) is 9.63. The summed E-state index contributed by atoms with van der Waals surface area (Å²) in [5.74, 6) is 0. The van der Waals surface area contributed by atoms with Crippen molar-refractivity contribution in [2.75, 3.05) is 6.54 Å². The molecule has 7 nitrogen and oxygen atoms in total. The summed E-state index contributed by atoms with van der Waals surface area (Å²) in [5, 5.41) is 9.50. The minimum atomic E-state index is -3.77.